The van der Waals surface area contributed by atoms with Crippen LogP contribution >= 0.6 is 11.3 Å². The minimum Gasteiger partial charge on any atom is -0.455 e. The van der Waals surface area contributed by atoms with Gasteiger partial charge in [0.1, 0.15) is 11.2 Å². The lowest BCUT2D eigenvalue weighted by molar-refractivity contribution is 0.660. The number of benzene rings is 8. The van der Waals surface area contributed by atoms with E-state index in [2.05, 4.69) is 183 Å². The lowest BCUT2D eigenvalue weighted by atomic mass is 9.82. The molecule has 0 N–H and O–H groups in total. The van der Waals surface area contributed by atoms with Crippen molar-refractivity contribution in [2.75, 3.05) is 4.90 Å². The lowest BCUT2D eigenvalue weighted by Gasteiger charge is -2.29. The molecular formula is C49H33NOS. The van der Waals surface area contributed by atoms with E-state index in [4.69, 9.17) is 4.42 Å². The number of anilines is 3. The Balaban J connectivity index is 1.12. The van der Waals surface area contributed by atoms with Crippen molar-refractivity contribution < 1.29 is 4.42 Å². The highest BCUT2D eigenvalue weighted by atomic mass is 32.1. The molecule has 1 aliphatic carbocycles. The normalized spacial score (nSPS) is 13.3. The van der Waals surface area contributed by atoms with Crippen LogP contribution in [-0.2, 0) is 5.41 Å². The van der Waals surface area contributed by atoms with E-state index >= 15 is 0 Å². The van der Waals surface area contributed by atoms with Gasteiger partial charge in [0.15, 0.2) is 0 Å². The summed E-state index contributed by atoms with van der Waals surface area (Å²) >= 11 is 1.86. The second kappa shape index (κ2) is 10.9. The van der Waals surface area contributed by atoms with Gasteiger partial charge >= 0.3 is 0 Å². The zero-order chi connectivity index (χ0) is 34.6. The van der Waals surface area contributed by atoms with Crippen LogP contribution in [0.2, 0.25) is 0 Å². The van der Waals surface area contributed by atoms with E-state index in [1.165, 1.54) is 59.1 Å². The molecule has 2 heterocycles. The predicted molar refractivity (Wildman–Crippen MR) is 222 cm³/mol. The minimum absolute atomic E-state index is 0.0949. The maximum absolute atomic E-state index is 6.55. The first-order valence-corrected chi connectivity index (χ1v) is 18.7. The van der Waals surface area contributed by atoms with E-state index in [9.17, 15) is 0 Å². The Morgan fingerprint density at radius 1 is 0.519 bits per heavy atom. The molecule has 0 fully saturated rings. The van der Waals surface area contributed by atoms with E-state index < -0.39 is 0 Å². The number of hydrogen-bond donors (Lipinski definition) is 0. The maximum atomic E-state index is 6.55. The summed E-state index contributed by atoms with van der Waals surface area (Å²) in [6.45, 7) is 4.71. The zero-order valence-corrected chi connectivity index (χ0v) is 29.7. The van der Waals surface area contributed by atoms with Crippen molar-refractivity contribution in [3.8, 4) is 22.3 Å². The van der Waals surface area contributed by atoms with Crippen LogP contribution in [-0.4, -0.2) is 0 Å². The SMILES string of the molecule is CC1(C)c2ccccc2-c2c(N(c3ccc(-c4cccc5oc6c7ccccc7ccc6c45)cc3)c3ccc4sc5ccccc5c4c3)cccc21. The topological polar surface area (TPSA) is 16.4 Å². The third-order valence-electron chi connectivity index (χ3n) is 11.3. The first-order chi connectivity index (χ1) is 25.5. The van der Waals surface area contributed by atoms with Crippen LogP contribution in [0, 0.1) is 0 Å². The van der Waals surface area contributed by atoms with Crippen LogP contribution in [0.5, 0.6) is 0 Å². The number of thiophene rings is 1. The van der Waals surface area contributed by atoms with Crippen LogP contribution in [0.1, 0.15) is 25.0 Å². The standard InChI is InChI=1S/C49H33NOS/c1-49(2)40-16-7-5-14-37(40)47-41(49)17-10-18-42(47)50(33-26-28-45-39(29-33)36-13-6-8-20-44(36)52-45)32-24-21-31(22-25-32)34-15-9-19-43-46(34)38-27-23-30-11-3-4-12-35(30)48(38)51-43/h3-29H,1-2H3. The third kappa shape index (κ3) is 4.17. The van der Waals surface area contributed by atoms with Crippen molar-refractivity contribution in [3.05, 3.63) is 175 Å². The fourth-order valence-electron chi connectivity index (χ4n) is 8.79. The molecule has 11 rings (SSSR count). The van der Waals surface area contributed by atoms with E-state index in [1.54, 1.807) is 0 Å². The summed E-state index contributed by atoms with van der Waals surface area (Å²) in [5.74, 6) is 0. The average molecular weight is 684 g/mol. The summed E-state index contributed by atoms with van der Waals surface area (Å²) in [6, 6.07) is 59.9. The van der Waals surface area contributed by atoms with E-state index in [-0.39, 0.29) is 5.41 Å². The molecular weight excluding hydrogens is 651 g/mol. The highest BCUT2D eigenvalue weighted by Crippen LogP contribution is 2.54. The second-order valence-corrected chi connectivity index (χ2v) is 15.6. The molecule has 2 aromatic heterocycles. The van der Waals surface area contributed by atoms with E-state index in [1.807, 2.05) is 11.3 Å². The molecule has 0 saturated heterocycles. The smallest absolute Gasteiger partial charge is 0.143 e. The molecule has 0 bridgehead atoms. The van der Waals surface area contributed by atoms with Crippen molar-refractivity contribution in [2.45, 2.75) is 19.3 Å². The molecule has 0 saturated carbocycles. The molecule has 0 atom stereocenters. The highest BCUT2D eigenvalue weighted by molar-refractivity contribution is 7.25. The minimum atomic E-state index is -0.0949. The van der Waals surface area contributed by atoms with Crippen LogP contribution < -0.4 is 4.90 Å². The summed E-state index contributed by atoms with van der Waals surface area (Å²) in [5, 5.41) is 7.22. The van der Waals surface area contributed by atoms with Crippen molar-refractivity contribution in [1.82, 2.24) is 0 Å². The molecule has 10 aromatic rings. The largest absolute Gasteiger partial charge is 0.455 e. The number of rotatable bonds is 4. The van der Waals surface area contributed by atoms with Crippen LogP contribution in [0.4, 0.5) is 17.1 Å². The monoisotopic (exact) mass is 683 g/mol. The van der Waals surface area contributed by atoms with Crippen molar-refractivity contribution in [2.24, 2.45) is 0 Å². The summed E-state index contributed by atoms with van der Waals surface area (Å²) < 4.78 is 9.16. The van der Waals surface area contributed by atoms with Gasteiger partial charge in [-0.15, -0.1) is 11.3 Å². The Hall–Kier alpha value is -6.16. The summed E-state index contributed by atoms with van der Waals surface area (Å²) in [6.07, 6.45) is 0. The predicted octanol–water partition coefficient (Wildman–Crippen LogP) is 14.6. The van der Waals surface area contributed by atoms with Crippen molar-refractivity contribution >= 4 is 81.3 Å². The Morgan fingerprint density at radius 3 is 2.13 bits per heavy atom. The third-order valence-corrected chi connectivity index (χ3v) is 12.4. The molecule has 1 aliphatic rings. The Kier molecular flexibility index (Phi) is 6.21. The van der Waals surface area contributed by atoms with Crippen molar-refractivity contribution in [1.29, 1.82) is 0 Å². The molecule has 0 aliphatic heterocycles. The fraction of sp³-hybridized carbons (Fsp3) is 0.0612. The van der Waals surface area contributed by atoms with Gasteiger partial charge in [0.05, 0.1) is 5.69 Å². The highest BCUT2D eigenvalue weighted by Gasteiger charge is 2.37. The van der Waals surface area contributed by atoms with Gasteiger partial charge in [0.2, 0.25) is 0 Å². The lowest BCUT2D eigenvalue weighted by Crippen LogP contribution is -2.16. The zero-order valence-electron chi connectivity index (χ0n) is 28.9. The van der Waals surface area contributed by atoms with Gasteiger partial charge in [-0.05, 0) is 87.8 Å². The maximum Gasteiger partial charge on any atom is 0.143 e. The molecule has 0 radical (unpaired) electrons. The summed E-state index contributed by atoms with van der Waals surface area (Å²) in [5.41, 5.74) is 12.9. The van der Waals surface area contributed by atoms with Crippen LogP contribution in [0.15, 0.2) is 168 Å². The van der Waals surface area contributed by atoms with Gasteiger partial charge in [0.25, 0.3) is 0 Å². The first kappa shape index (κ1) is 29.6. The average Bonchev–Trinajstić information content (AvgIpc) is 3.83. The summed E-state index contributed by atoms with van der Waals surface area (Å²) in [4.78, 5) is 2.46. The molecule has 2 nitrogen and oxygen atoms in total. The number of fused-ring (bicyclic) bond motifs is 11. The Bertz CT molecular complexity index is 3050. The molecule has 52 heavy (non-hydrogen) atoms. The molecule has 8 aromatic carbocycles. The molecule has 0 amide bonds. The van der Waals surface area contributed by atoms with Gasteiger partial charge in [-0.3, -0.25) is 0 Å². The van der Waals surface area contributed by atoms with E-state index in [0.29, 0.717) is 0 Å². The quantitative estimate of drug-likeness (QED) is 0.184. The van der Waals surface area contributed by atoms with E-state index in [0.717, 1.165) is 44.3 Å². The van der Waals surface area contributed by atoms with Gasteiger partial charge in [0, 0.05) is 58.7 Å². The van der Waals surface area contributed by atoms with Crippen LogP contribution in [0.25, 0.3) is 75.1 Å². The number of nitrogens with zero attached hydrogens (tertiary/aromatic N) is 1. The number of furan rings is 1. The second-order valence-electron chi connectivity index (χ2n) is 14.5. The van der Waals surface area contributed by atoms with Crippen molar-refractivity contribution in [3.63, 3.8) is 0 Å². The van der Waals surface area contributed by atoms with Gasteiger partial charge in [-0.2, -0.15) is 0 Å². The summed E-state index contributed by atoms with van der Waals surface area (Å²) in [7, 11) is 0. The van der Waals surface area contributed by atoms with Crippen LogP contribution in [0.3, 0.4) is 0 Å². The Labute approximate surface area is 305 Å². The first-order valence-electron chi connectivity index (χ1n) is 17.9. The number of hydrogen-bond acceptors (Lipinski definition) is 3. The Morgan fingerprint density at radius 2 is 1.23 bits per heavy atom. The fourth-order valence-corrected chi connectivity index (χ4v) is 9.87. The molecule has 0 spiro atoms. The molecule has 0 unspecified atom stereocenters. The molecule has 3 heteroatoms. The van der Waals surface area contributed by atoms with Gasteiger partial charge < -0.3 is 9.32 Å². The van der Waals surface area contributed by atoms with Gasteiger partial charge in [-0.25, -0.2) is 0 Å². The molecule has 246 valence electrons. The van der Waals surface area contributed by atoms with Gasteiger partial charge in [-0.1, -0.05) is 123 Å².